The van der Waals surface area contributed by atoms with Gasteiger partial charge in [0.05, 0.1) is 21.6 Å². The molecule has 0 aliphatic carbocycles. The van der Waals surface area contributed by atoms with Crippen molar-refractivity contribution in [1.82, 2.24) is 9.97 Å². The van der Waals surface area contributed by atoms with E-state index in [2.05, 4.69) is 9.97 Å². The Hall–Kier alpha value is -3.44. The Morgan fingerprint density at radius 2 is 1.63 bits per heavy atom. The van der Waals surface area contributed by atoms with E-state index < -0.39 is 5.97 Å². The third-order valence-corrected chi connectivity index (χ3v) is 4.60. The number of benzene rings is 3. The van der Waals surface area contributed by atoms with Crippen LogP contribution in [0.4, 0.5) is 0 Å². The van der Waals surface area contributed by atoms with E-state index in [1.807, 2.05) is 0 Å². The number of nitrogens with one attached hydrogen (secondary N) is 1. The first-order valence-electron chi connectivity index (χ1n) is 8.15. The second-order valence-corrected chi connectivity index (χ2v) is 6.42. The zero-order valence-corrected chi connectivity index (χ0v) is 14.7. The van der Waals surface area contributed by atoms with Crippen molar-refractivity contribution in [3.05, 3.63) is 88.4 Å². The van der Waals surface area contributed by atoms with E-state index in [0.29, 0.717) is 33.0 Å². The third-order valence-electron chi connectivity index (χ3n) is 4.27. The maximum absolute atomic E-state index is 12.6. The minimum Gasteiger partial charge on any atom is -0.478 e. The minimum absolute atomic E-state index is 0.150. The fourth-order valence-electron chi connectivity index (χ4n) is 2.86. The van der Waals surface area contributed by atoms with E-state index in [-0.39, 0.29) is 11.3 Å². The molecule has 0 unspecified atom stereocenters. The molecule has 0 amide bonds. The standard InChI is InChI=1S/C21H13ClN2O3/c22-16-4-2-1-3-15(16)19(25)12-5-7-13(8-6-12)20-23-17-10-9-14(21(26)27)11-18(17)24-20/h1-11H,(H,23,24)(H,26,27). The fraction of sp³-hybridized carbons (Fsp3) is 0. The quantitative estimate of drug-likeness (QED) is 0.500. The number of carbonyl (C=O) groups is 2. The van der Waals surface area contributed by atoms with Crippen molar-refractivity contribution in [3.63, 3.8) is 0 Å². The Morgan fingerprint density at radius 1 is 0.926 bits per heavy atom. The normalized spacial score (nSPS) is 10.9. The van der Waals surface area contributed by atoms with Crippen LogP contribution in [0.25, 0.3) is 22.4 Å². The number of aromatic amines is 1. The lowest BCUT2D eigenvalue weighted by Gasteiger charge is -2.04. The molecule has 6 heteroatoms. The van der Waals surface area contributed by atoms with E-state index in [0.717, 1.165) is 5.56 Å². The van der Waals surface area contributed by atoms with Crippen LogP contribution in [0.15, 0.2) is 66.7 Å². The van der Waals surface area contributed by atoms with Gasteiger partial charge in [-0.05, 0) is 30.3 Å². The highest BCUT2D eigenvalue weighted by Gasteiger charge is 2.13. The molecular formula is C21H13ClN2O3. The van der Waals surface area contributed by atoms with Crippen molar-refractivity contribution >= 4 is 34.4 Å². The Labute approximate surface area is 159 Å². The predicted octanol–water partition coefficient (Wildman–Crippen LogP) is 4.81. The maximum Gasteiger partial charge on any atom is 0.335 e. The number of hydrogen-bond acceptors (Lipinski definition) is 3. The lowest BCUT2D eigenvalue weighted by molar-refractivity contribution is 0.0697. The summed E-state index contributed by atoms with van der Waals surface area (Å²) in [6.07, 6.45) is 0. The van der Waals surface area contributed by atoms with Gasteiger partial charge in [-0.15, -0.1) is 0 Å². The Kier molecular flexibility index (Phi) is 4.22. The van der Waals surface area contributed by atoms with Crippen molar-refractivity contribution in [2.75, 3.05) is 0 Å². The Balaban J connectivity index is 1.66. The van der Waals surface area contributed by atoms with Gasteiger partial charge in [-0.2, -0.15) is 0 Å². The molecule has 4 rings (SSSR count). The summed E-state index contributed by atoms with van der Waals surface area (Å²) in [5, 5.41) is 9.50. The van der Waals surface area contributed by atoms with Gasteiger partial charge in [0.2, 0.25) is 0 Å². The molecule has 4 aromatic rings. The van der Waals surface area contributed by atoms with Gasteiger partial charge >= 0.3 is 5.97 Å². The van der Waals surface area contributed by atoms with Crippen molar-refractivity contribution in [3.8, 4) is 11.4 Å². The molecule has 3 aromatic carbocycles. The molecule has 132 valence electrons. The highest BCUT2D eigenvalue weighted by molar-refractivity contribution is 6.35. The van der Waals surface area contributed by atoms with Crippen molar-refractivity contribution < 1.29 is 14.7 Å². The van der Waals surface area contributed by atoms with Crippen LogP contribution >= 0.6 is 11.6 Å². The smallest absolute Gasteiger partial charge is 0.335 e. The van der Waals surface area contributed by atoms with Gasteiger partial charge in [0.1, 0.15) is 5.82 Å². The third kappa shape index (κ3) is 3.20. The van der Waals surface area contributed by atoms with Crippen molar-refractivity contribution in [2.24, 2.45) is 0 Å². The maximum atomic E-state index is 12.6. The summed E-state index contributed by atoms with van der Waals surface area (Å²) in [5.74, 6) is -0.539. The van der Waals surface area contributed by atoms with E-state index in [4.69, 9.17) is 16.7 Å². The van der Waals surface area contributed by atoms with E-state index in [1.54, 1.807) is 60.7 Å². The summed E-state index contributed by atoms with van der Waals surface area (Å²) in [4.78, 5) is 31.3. The van der Waals surface area contributed by atoms with Gasteiger partial charge < -0.3 is 10.1 Å². The first kappa shape index (κ1) is 17.0. The summed E-state index contributed by atoms with van der Waals surface area (Å²) >= 11 is 6.10. The average Bonchev–Trinajstić information content (AvgIpc) is 3.11. The number of rotatable bonds is 4. The van der Waals surface area contributed by atoms with Crippen LogP contribution in [0.2, 0.25) is 5.02 Å². The fourth-order valence-corrected chi connectivity index (χ4v) is 3.08. The molecule has 0 fully saturated rings. The number of aromatic carboxylic acids is 1. The number of fused-ring (bicyclic) bond motifs is 1. The molecule has 0 atom stereocenters. The molecule has 0 spiro atoms. The molecule has 2 N–H and O–H groups in total. The minimum atomic E-state index is -0.990. The first-order chi connectivity index (χ1) is 13.0. The number of imidazole rings is 1. The number of ketones is 1. The SMILES string of the molecule is O=C(O)c1ccc2nc(-c3ccc(C(=O)c4ccccc4Cl)cc3)[nH]c2c1. The molecule has 1 heterocycles. The van der Waals surface area contributed by atoms with E-state index in [1.165, 1.54) is 6.07 Å². The van der Waals surface area contributed by atoms with Gasteiger partial charge in [0, 0.05) is 16.7 Å². The second-order valence-electron chi connectivity index (χ2n) is 6.01. The molecule has 0 bridgehead atoms. The van der Waals surface area contributed by atoms with Crippen LogP contribution in [-0.4, -0.2) is 26.8 Å². The molecule has 0 saturated carbocycles. The molecule has 1 aromatic heterocycles. The number of halogens is 1. The summed E-state index contributed by atoms with van der Waals surface area (Å²) in [5.41, 5.74) is 3.28. The topological polar surface area (TPSA) is 83.0 Å². The van der Waals surface area contributed by atoms with Crippen LogP contribution in [0.1, 0.15) is 26.3 Å². The second kappa shape index (κ2) is 6.70. The van der Waals surface area contributed by atoms with Crippen molar-refractivity contribution in [1.29, 1.82) is 0 Å². The number of H-pyrrole nitrogens is 1. The van der Waals surface area contributed by atoms with E-state index in [9.17, 15) is 9.59 Å². The van der Waals surface area contributed by atoms with Gasteiger partial charge in [0.15, 0.2) is 5.78 Å². The number of aromatic nitrogens is 2. The van der Waals surface area contributed by atoms with Gasteiger partial charge in [-0.3, -0.25) is 4.79 Å². The molecule has 0 radical (unpaired) electrons. The molecule has 0 aliphatic heterocycles. The van der Waals surface area contributed by atoms with Crippen molar-refractivity contribution in [2.45, 2.75) is 0 Å². The first-order valence-corrected chi connectivity index (χ1v) is 8.53. The molecule has 0 aliphatic rings. The zero-order chi connectivity index (χ0) is 19.0. The highest BCUT2D eigenvalue weighted by Crippen LogP contribution is 2.24. The predicted molar refractivity (Wildman–Crippen MR) is 103 cm³/mol. The van der Waals surface area contributed by atoms with Gasteiger partial charge in [-0.1, -0.05) is 48.0 Å². The number of carboxylic acid groups (broad SMARTS) is 1. The monoisotopic (exact) mass is 376 g/mol. The summed E-state index contributed by atoms with van der Waals surface area (Å²) in [6.45, 7) is 0. The summed E-state index contributed by atoms with van der Waals surface area (Å²) < 4.78 is 0. The number of carbonyl (C=O) groups excluding carboxylic acids is 1. The molecule has 0 saturated heterocycles. The zero-order valence-electron chi connectivity index (χ0n) is 13.9. The summed E-state index contributed by atoms with van der Waals surface area (Å²) in [7, 11) is 0. The van der Waals surface area contributed by atoms with Gasteiger partial charge in [0.25, 0.3) is 0 Å². The van der Waals surface area contributed by atoms with E-state index >= 15 is 0 Å². The molecular weight excluding hydrogens is 364 g/mol. The van der Waals surface area contributed by atoms with Gasteiger partial charge in [-0.25, -0.2) is 9.78 Å². The lowest BCUT2D eigenvalue weighted by Crippen LogP contribution is -2.01. The van der Waals surface area contributed by atoms with Crippen LogP contribution in [-0.2, 0) is 0 Å². The highest BCUT2D eigenvalue weighted by atomic mass is 35.5. The van der Waals surface area contributed by atoms with Crippen LogP contribution in [0.3, 0.4) is 0 Å². The number of nitrogens with zero attached hydrogens (tertiary/aromatic N) is 1. The largest absolute Gasteiger partial charge is 0.478 e. The number of carboxylic acids is 1. The lowest BCUT2D eigenvalue weighted by atomic mass is 10.0. The van der Waals surface area contributed by atoms with Crippen LogP contribution < -0.4 is 0 Å². The molecule has 5 nitrogen and oxygen atoms in total. The summed E-state index contributed by atoms with van der Waals surface area (Å²) in [6, 6.07) is 18.7. The Bertz CT molecular complexity index is 1180. The van der Waals surface area contributed by atoms with Crippen LogP contribution in [0, 0.1) is 0 Å². The van der Waals surface area contributed by atoms with Crippen LogP contribution in [0.5, 0.6) is 0 Å². The molecule has 27 heavy (non-hydrogen) atoms. The Morgan fingerprint density at radius 3 is 2.33 bits per heavy atom. The average molecular weight is 377 g/mol. The number of hydrogen-bond donors (Lipinski definition) is 2.